The number of H-pyrrole nitrogens is 1. The Morgan fingerprint density at radius 2 is 1.18 bits per heavy atom. The molecular weight excluding hydrogens is 790 g/mol. The lowest BCUT2D eigenvalue weighted by atomic mass is 10.0. The molecule has 0 radical (unpaired) electrons. The van der Waals surface area contributed by atoms with Gasteiger partial charge < -0.3 is 14.5 Å². The molecule has 0 aliphatic carbocycles. The van der Waals surface area contributed by atoms with E-state index in [0.29, 0.717) is 24.5 Å². The summed E-state index contributed by atoms with van der Waals surface area (Å²) in [5.41, 5.74) is -6.03. The van der Waals surface area contributed by atoms with Crippen molar-refractivity contribution in [1.82, 2.24) is 29.9 Å². The Balaban J connectivity index is 1.61. The first-order valence-corrected chi connectivity index (χ1v) is 16.7. The maximum atomic E-state index is 15.0. The second kappa shape index (κ2) is 15.1. The van der Waals surface area contributed by atoms with Gasteiger partial charge in [-0.2, -0.15) is 41.3 Å². The highest BCUT2D eigenvalue weighted by Crippen LogP contribution is 2.38. The lowest BCUT2D eigenvalue weighted by Gasteiger charge is -2.36. The van der Waals surface area contributed by atoms with Crippen LogP contribution < -0.4 is 30.1 Å². The van der Waals surface area contributed by atoms with Gasteiger partial charge in [0.05, 0.1) is 29.4 Å². The monoisotopic (exact) mass is 818 g/mol. The SMILES string of the molecule is COc1ccnc(N(C(=O)c2cc(C(F)(F)F)cnc2N2CCC(F)(F)CC2)N(C(=O)c2cc(C(F)(F)F)cnc2N2CCC(F)(F)CC2)c2nccc(=O)[nH]2)n1. The van der Waals surface area contributed by atoms with Gasteiger partial charge in [0.1, 0.15) is 11.6 Å². The van der Waals surface area contributed by atoms with Gasteiger partial charge in [-0.1, -0.05) is 0 Å². The van der Waals surface area contributed by atoms with Crippen molar-refractivity contribution in [1.29, 1.82) is 0 Å². The standard InChI is InChI=1S/C33H28F10N10O4/c1-57-23-3-9-45-29(49-23)53(27(56)21-15-19(33(41,42)43)17-47-25(21)51-12-6-31(36,37)7-13-51)52(28-44-8-2-22(54)48-28)26(55)20-14-18(32(38,39)40)16-46-24(20)50-10-4-30(34,35)5-11-50/h2-3,8-9,14-17H,4-7,10-13H2,1H3,(H,44,48,54). The molecule has 0 aromatic carbocycles. The van der Waals surface area contributed by atoms with E-state index in [1.54, 1.807) is 0 Å². The molecule has 0 saturated carbocycles. The molecule has 14 nitrogen and oxygen atoms in total. The number of anilines is 4. The summed E-state index contributed by atoms with van der Waals surface area (Å²) < 4.78 is 147. The van der Waals surface area contributed by atoms with E-state index in [1.165, 1.54) is 0 Å². The summed E-state index contributed by atoms with van der Waals surface area (Å²) in [4.78, 5) is 66.3. The van der Waals surface area contributed by atoms with Crippen LogP contribution in [0.3, 0.4) is 0 Å². The van der Waals surface area contributed by atoms with E-state index in [0.717, 1.165) is 41.4 Å². The second-order valence-corrected chi connectivity index (χ2v) is 12.8. The molecule has 2 aliphatic heterocycles. The summed E-state index contributed by atoms with van der Waals surface area (Å²) in [6, 6.07) is 2.59. The molecule has 24 heteroatoms. The van der Waals surface area contributed by atoms with Gasteiger partial charge in [0.2, 0.25) is 11.8 Å². The number of aromatic amines is 1. The Kier molecular flexibility index (Phi) is 10.7. The number of ether oxygens (including phenoxy) is 1. The number of hydrogen-bond donors (Lipinski definition) is 1. The molecule has 6 heterocycles. The van der Waals surface area contributed by atoms with E-state index in [4.69, 9.17) is 4.74 Å². The molecule has 304 valence electrons. The van der Waals surface area contributed by atoms with Crippen LogP contribution in [-0.2, 0) is 12.4 Å². The number of rotatable bonds is 7. The Bertz CT molecular complexity index is 2200. The van der Waals surface area contributed by atoms with Crippen LogP contribution in [0.1, 0.15) is 57.5 Å². The van der Waals surface area contributed by atoms with Gasteiger partial charge in [0.25, 0.3) is 35.2 Å². The number of aromatic nitrogens is 6. The molecule has 6 rings (SSSR count). The normalized spacial score (nSPS) is 16.9. The zero-order valence-electron chi connectivity index (χ0n) is 29.2. The van der Waals surface area contributed by atoms with Gasteiger partial charge >= 0.3 is 12.4 Å². The number of carbonyl (C=O) groups excluding carboxylic acids is 2. The maximum Gasteiger partial charge on any atom is 0.417 e. The van der Waals surface area contributed by atoms with Crippen LogP contribution in [0.5, 0.6) is 5.88 Å². The smallest absolute Gasteiger partial charge is 0.417 e. The van der Waals surface area contributed by atoms with E-state index in [-0.39, 0.29) is 15.9 Å². The van der Waals surface area contributed by atoms with Crippen LogP contribution in [-0.4, -0.2) is 86.9 Å². The number of hydrogen-bond acceptors (Lipinski definition) is 11. The number of hydrazine groups is 1. The highest BCUT2D eigenvalue weighted by atomic mass is 19.4. The van der Waals surface area contributed by atoms with Gasteiger partial charge in [-0.25, -0.2) is 37.5 Å². The summed E-state index contributed by atoms with van der Waals surface area (Å²) in [5, 5.41) is 0.308. The van der Waals surface area contributed by atoms with Crippen molar-refractivity contribution in [3.63, 3.8) is 0 Å². The molecule has 2 saturated heterocycles. The molecule has 0 bridgehead atoms. The number of piperidine rings is 2. The Morgan fingerprint density at radius 1 is 0.719 bits per heavy atom. The summed E-state index contributed by atoms with van der Waals surface area (Å²) in [6.07, 6.45) is -11.0. The van der Waals surface area contributed by atoms with Crippen molar-refractivity contribution in [3.05, 3.63) is 81.7 Å². The largest absolute Gasteiger partial charge is 0.481 e. The molecule has 0 atom stereocenters. The summed E-state index contributed by atoms with van der Waals surface area (Å²) >= 11 is 0. The minimum absolute atomic E-state index is 0.145. The number of alkyl halides is 10. The molecule has 57 heavy (non-hydrogen) atoms. The average Bonchev–Trinajstić information content (AvgIpc) is 3.15. The Morgan fingerprint density at radius 3 is 1.61 bits per heavy atom. The minimum atomic E-state index is -5.16. The topological polar surface area (TPSA) is 154 Å². The molecule has 2 aliphatic rings. The molecule has 2 fully saturated rings. The van der Waals surface area contributed by atoms with Crippen molar-refractivity contribution < 1.29 is 58.2 Å². The highest BCUT2D eigenvalue weighted by Gasteiger charge is 2.44. The molecule has 0 spiro atoms. The van der Waals surface area contributed by atoms with E-state index in [2.05, 4.69) is 29.9 Å². The first kappa shape index (κ1) is 40.6. The first-order chi connectivity index (χ1) is 26.7. The number of amides is 2. The van der Waals surface area contributed by atoms with Crippen molar-refractivity contribution in [2.75, 3.05) is 53.1 Å². The third-order valence-electron chi connectivity index (χ3n) is 8.90. The Hall–Kier alpha value is -6.10. The third-order valence-corrected chi connectivity index (χ3v) is 8.90. The number of halogens is 10. The fraction of sp³-hybridized carbons (Fsp3) is 0.394. The summed E-state index contributed by atoms with van der Waals surface area (Å²) in [6.45, 7) is -2.04. The lowest BCUT2D eigenvalue weighted by Crippen LogP contribution is -2.53. The van der Waals surface area contributed by atoms with Crippen LogP contribution in [0, 0.1) is 0 Å². The molecule has 4 aromatic rings. The van der Waals surface area contributed by atoms with Crippen molar-refractivity contribution >= 4 is 35.3 Å². The van der Waals surface area contributed by atoms with Crippen LogP contribution in [0.4, 0.5) is 67.4 Å². The van der Waals surface area contributed by atoms with Gasteiger partial charge in [-0.15, -0.1) is 0 Å². The van der Waals surface area contributed by atoms with Crippen LogP contribution in [0.15, 0.2) is 53.8 Å². The maximum absolute atomic E-state index is 15.0. The highest BCUT2D eigenvalue weighted by molar-refractivity contribution is 6.18. The fourth-order valence-electron chi connectivity index (χ4n) is 5.93. The first-order valence-electron chi connectivity index (χ1n) is 16.7. The fourth-order valence-corrected chi connectivity index (χ4v) is 5.93. The molecule has 2 amide bonds. The number of nitrogens with one attached hydrogen (secondary N) is 1. The van der Waals surface area contributed by atoms with Crippen molar-refractivity contribution in [2.45, 2.75) is 49.9 Å². The van der Waals surface area contributed by atoms with Gasteiger partial charge in [0.15, 0.2) is 0 Å². The lowest BCUT2D eigenvalue weighted by molar-refractivity contribution is -0.138. The number of methoxy groups -OCH3 is 1. The molecule has 4 aromatic heterocycles. The average molecular weight is 819 g/mol. The third kappa shape index (κ3) is 8.83. The van der Waals surface area contributed by atoms with Crippen molar-refractivity contribution in [3.8, 4) is 5.88 Å². The predicted octanol–water partition coefficient (Wildman–Crippen LogP) is 5.78. The van der Waals surface area contributed by atoms with Crippen LogP contribution in [0.25, 0.3) is 0 Å². The zero-order valence-corrected chi connectivity index (χ0v) is 29.2. The zero-order chi connectivity index (χ0) is 41.5. The summed E-state index contributed by atoms with van der Waals surface area (Å²) in [7, 11) is 1.11. The Labute approximate surface area is 314 Å². The molecule has 1 N–H and O–H groups in total. The molecule has 0 unspecified atom stereocenters. The van der Waals surface area contributed by atoms with Crippen molar-refractivity contribution in [2.24, 2.45) is 0 Å². The minimum Gasteiger partial charge on any atom is -0.481 e. The van der Waals surface area contributed by atoms with Gasteiger partial charge in [-0.3, -0.25) is 19.4 Å². The number of carbonyl (C=O) groups is 2. The van der Waals surface area contributed by atoms with E-state index >= 15 is 0 Å². The quantitative estimate of drug-likeness (QED) is 0.179. The summed E-state index contributed by atoms with van der Waals surface area (Å²) in [5.74, 6) is -13.0. The van der Waals surface area contributed by atoms with Gasteiger partial charge in [-0.05, 0) is 12.1 Å². The predicted molar refractivity (Wildman–Crippen MR) is 178 cm³/mol. The number of nitrogens with zero attached hydrogens (tertiary/aromatic N) is 9. The molecular formula is C33H28F10N10O4. The second-order valence-electron chi connectivity index (χ2n) is 12.8. The number of pyridine rings is 2. The van der Waals surface area contributed by atoms with Crippen LogP contribution >= 0.6 is 0 Å². The van der Waals surface area contributed by atoms with Gasteiger partial charge in [0, 0.05) is 88.8 Å². The van der Waals surface area contributed by atoms with E-state index in [9.17, 15) is 58.3 Å². The van der Waals surface area contributed by atoms with E-state index < -0.39 is 139 Å². The van der Waals surface area contributed by atoms with E-state index in [1.807, 2.05) is 0 Å². The van der Waals surface area contributed by atoms with Crippen LogP contribution in [0.2, 0.25) is 0 Å².